The van der Waals surface area contributed by atoms with E-state index in [0.29, 0.717) is 13.2 Å². The summed E-state index contributed by atoms with van der Waals surface area (Å²) in [6, 6.07) is -0.997. The molecule has 10 heteroatoms. The average molecular weight is 420 g/mol. The van der Waals surface area contributed by atoms with Crippen LogP contribution in [0.1, 0.15) is 13.8 Å². The Balaban J connectivity index is 1.71. The summed E-state index contributed by atoms with van der Waals surface area (Å²) in [4.78, 5) is 13.0. The standard InChI is InChI=1S/C18H33N3O6S/c1-8(2)10(16-13(23)12(22)14(24)18(27-16)28-3)21-17(25)11-15-9(7-20-11)6-19-4-5-26-15/h8-16,18-20,22-24H,4-7H2,1-3H3,(H,21,25)/t9-,10+,11-,12?,13?,14+,15+,16+,18?/m0/s1. The molecular formula is C18H33N3O6S. The van der Waals surface area contributed by atoms with E-state index in [4.69, 9.17) is 9.47 Å². The Kier molecular flexibility index (Phi) is 7.60. The van der Waals surface area contributed by atoms with Crippen LogP contribution in [0.4, 0.5) is 0 Å². The van der Waals surface area contributed by atoms with Gasteiger partial charge < -0.3 is 40.7 Å². The molecule has 1 amide bonds. The second-order valence-electron chi connectivity index (χ2n) is 8.14. The van der Waals surface area contributed by atoms with Gasteiger partial charge in [0.2, 0.25) is 5.91 Å². The molecule has 3 rings (SSSR count). The molecule has 6 N–H and O–H groups in total. The van der Waals surface area contributed by atoms with Gasteiger partial charge in [0, 0.05) is 25.6 Å². The highest BCUT2D eigenvalue weighted by atomic mass is 32.2. The number of amides is 1. The first-order valence-electron chi connectivity index (χ1n) is 9.93. The number of rotatable bonds is 5. The topological polar surface area (TPSA) is 132 Å². The molecule has 0 radical (unpaired) electrons. The van der Waals surface area contributed by atoms with Gasteiger partial charge in [0.15, 0.2) is 0 Å². The Labute approximate surface area is 169 Å². The van der Waals surface area contributed by atoms with Crippen molar-refractivity contribution in [1.82, 2.24) is 16.0 Å². The molecule has 9 atom stereocenters. The third kappa shape index (κ3) is 4.49. The van der Waals surface area contributed by atoms with E-state index in [9.17, 15) is 20.1 Å². The molecule has 0 aromatic rings. The van der Waals surface area contributed by atoms with Crippen LogP contribution < -0.4 is 16.0 Å². The van der Waals surface area contributed by atoms with Crippen LogP contribution >= 0.6 is 11.8 Å². The number of hydrogen-bond acceptors (Lipinski definition) is 9. The van der Waals surface area contributed by atoms with Gasteiger partial charge in [-0.05, 0) is 12.2 Å². The van der Waals surface area contributed by atoms with E-state index in [2.05, 4.69) is 16.0 Å². The van der Waals surface area contributed by atoms with Gasteiger partial charge in [0.25, 0.3) is 0 Å². The second-order valence-corrected chi connectivity index (χ2v) is 9.08. The fraction of sp³-hybridized carbons (Fsp3) is 0.944. The fourth-order valence-electron chi connectivity index (χ4n) is 4.25. The summed E-state index contributed by atoms with van der Waals surface area (Å²) in [5.74, 6) is -0.0298. The van der Waals surface area contributed by atoms with E-state index in [1.807, 2.05) is 13.8 Å². The zero-order valence-electron chi connectivity index (χ0n) is 16.6. The number of fused-ring (bicyclic) bond motifs is 1. The van der Waals surface area contributed by atoms with E-state index in [1.165, 1.54) is 11.8 Å². The first kappa shape index (κ1) is 22.2. The van der Waals surface area contributed by atoms with E-state index < -0.39 is 41.9 Å². The third-order valence-electron chi connectivity index (χ3n) is 5.89. The van der Waals surface area contributed by atoms with Gasteiger partial charge in [-0.1, -0.05) is 13.8 Å². The second kappa shape index (κ2) is 9.57. The van der Waals surface area contributed by atoms with Gasteiger partial charge in [0.05, 0.1) is 18.8 Å². The maximum atomic E-state index is 13.0. The molecule has 3 aliphatic rings. The van der Waals surface area contributed by atoms with Crippen molar-refractivity contribution in [3.8, 4) is 0 Å². The third-order valence-corrected chi connectivity index (χ3v) is 6.75. The smallest absolute Gasteiger partial charge is 0.240 e. The Morgan fingerprint density at radius 3 is 2.61 bits per heavy atom. The maximum Gasteiger partial charge on any atom is 0.240 e. The molecule has 0 aromatic heterocycles. The Bertz CT molecular complexity index is 539. The molecule has 0 saturated carbocycles. The minimum absolute atomic E-state index is 0.0533. The summed E-state index contributed by atoms with van der Waals surface area (Å²) in [5.41, 5.74) is -0.674. The van der Waals surface area contributed by atoms with Gasteiger partial charge in [-0.15, -0.1) is 11.8 Å². The molecule has 162 valence electrons. The average Bonchev–Trinajstić information content (AvgIpc) is 2.93. The molecule has 3 fully saturated rings. The highest BCUT2D eigenvalue weighted by Crippen LogP contribution is 2.30. The molecule has 0 aliphatic carbocycles. The van der Waals surface area contributed by atoms with Crippen molar-refractivity contribution in [3.05, 3.63) is 0 Å². The van der Waals surface area contributed by atoms with Crippen molar-refractivity contribution in [2.45, 2.75) is 61.9 Å². The number of aliphatic hydroxyl groups excluding tert-OH is 3. The first-order chi connectivity index (χ1) is 13.3. The van der Waals surface area contributed by atoms with Crippen molar-refractivity contribution in [1.29, 1.82) is 0 Å². The van der Waals surface area contributed by atoms with Gasteiger partial charge in [0.1, 0.15) is 35.9 Å². The van der Waals surface area contributed by atoms with Crippen LogP contribution in [0.5, 0.6) is 0 Å². The normalized spacial score (nSPS) is 42.7. The molecule has 3 saturated heterocycles. The van der Waals surface area contributed by atoms with Gasteiger partial charge in [-0.2, -0.15) is 0 Å². The van der Waals surface area contributed by atoms with Crippen LogP contribution in [-0.2, 0) is 14.3 Å². The minimum Gasteiger partial charge on any atom is -0.388 e. The van der Waals surface area contributed by atoms with Crippen LogP contribution in [0.15, 0.2) is 0 Å². The lowest BCUT2D eigenvalue weighted by molar-refractivity contribution is -0.208. The maximum absolute atomic E-state index is 13.0. The largest absolute Gasteiger partial charge is 0.388 e. The van der Waals surface area contributed by atoms with E-state index in [1.54, 1.807) is 6.26 Å². The van der Waals surface area contributed by atoms with Gasteiger partial charge >= 0.3 is 0 Å². The number of ether oxygens (including phenoxy) is 2. The zero-order chi connectivity index (χ0) is 20.4. The van der Waals surface area contributed by atoms with Crippen molar-refractivity contribution >= 4 is 17.7 Å². The van der Waals surface area contributed by atoms with Gasteiger partial charge in [-0.25, -0.2) is 0 Å². The molecule has 3 unspecified atom stereocenters. The number of nitrogens with one attached hydrogen (secondary N) is 3. The Morgan fingerprint density at radius 1 is 1.18 bits per heavy atom. The monoisotopic (exact) mass is 419 g/mol. The van der Waals surface area contributed by atoms with Crippen LogP contribution in [-0.4, -0.2) is 102 Å². The first-order valence-corrected chi connectivity index (χ1v) is 11.2. The lowest BCUT2D eigenvalue weighted by Gasteiger charge is -2.44. The summed E-state index contributed by atoms with van der Waals surface area (Å²) in [7, 11) is 0. The van der Waals surface area contributed by atoms with Crippen molar-refractivity contribution < 1.29 is 29.6 Å². The van der Waals surface area contributed by atoms with Crippen molar-refractivity contribution in [2.24, 2.45) is 11.8 Å². The van der Waals surface area contributed by atoms with Crippen molar-refractivity contribution in [2.75, 3.05) is 32.5 Å². The molecule has 3 heterocycles. The molecular weight excluding hydrogens is 386 g/mol. The summed E-state index contributed by atoms with van der Waals surface area (Å²) in [6.07, 6.45) is -3.08. The van der Waals surface area contributed by atoms with E-state index in [0.717, 1.165) is 13.1 Å². The quantitative estimate of drug-likeness (QED) is 0.296. The molecule has 0 aromatic carbocycles. The summed E-state index contributed by atoms with van der Waals surface area (Å²) in [6.45, 7) is 6.68. The summed E-state index contributed by atoms with van der Waals surface area (Å²) in [5, 5.41) is 40.4. The van der Waals surface area contributed by atoms with E-state index >= 15 is 0 Å². The molecule has 0 spiro atoms. The molecule has 0 bridgehead atoms. The zero-order valence-corrected chi connectivity index (χ0v) is 17.4. The number of carbonyl (C=O) groups excluding carboxylic acids is 1. The molecule has 28 heavy (non-hydrogen) atoms. The Morgan fingerprint density at radius 2 is 1.93 bits per heavy atom. The number of carbonyl (C=O) groups is 1. The van der Waals surface area contributed by atoms with Crippen LogP contribution in [0.3, 0.4) is 0 Å². The predicted octanol–water partition coefficient (Wildman–Crippen LogP) is -2.13. The lowest BCUT2D eigenvalue weighted by atomic mass is 9.88. The van der Waals surface area contributed by atoms with Crippen LogP contribution in [0.25, 0.3) is 0 Å². The van der Waals surface area contributed by atoms with Crippen molar-refractivity contribution in [3.63, 3.8) is 0 Å². The fourth-order valence-corrected chi connectivity index (χ4v) is 4.93. The molecule has 3 aliphatic heterocycles. The summed E-state index contributed by atoms with van der Waals surface area (Å²) < 4.78 is 11.8. The van der Waals surface area contributed by atoms with E-state index in [-0.39, 0.29) is 23.8 Å². The predicted molar refractivity (Wildman–Crippen MR) is 105 cm³/mol. The number of thioether (sulfide) groups is 1. The number of aliphatic hydroxyl groups is 3. The molecule has 9 nitrogen and oxygen atoms in total. The highest BCUT2D eigenvalue weighted by molar-refractivity contribution is 7.99. The Hall–Kier alpha value is -0.460. The highest BCUT2D eigenvalue weighted by Gasteiger charge is 2.48. The van der Waals surface area contributed by atoms with Gasteiger partial charge in [-0.3, -0.25) is 4.79 Å². The number of hydrogen-bond donors (Lipinski definition) is 6. The summed E-state index contributed by atoms with van der Waals surface area (Å²) >= 11 is 1.26. The SMILES string of the molecule is CSC1O[C@H]([C@H](NC(=O)[C@H]2NC[C@@H]3CNCCO[C@H]32)C(C)C)C(O)C(O)[C@H]1O. The van der Waals surface area contributed by atoms with Crippen LogP contribution in [0, 0.1) is 11.8 Å². The minimum atomic E-state index is -1.33. The lowest BCUT2D eigenvalue weighted by Crippen LogP contribution is -2.65. The van der Waals surface area contributed by atoms with Crippen LogP contribution in [0.2, 0.25) is 0 Å².